The zero-order valence-corrected chi connectivity index (χ0v) is 14.3. The van der Waals surface area contributed by atoms with Gasteiger partial charge in [0, 0.05) is 32.8 Å². The number of carboxylic acids is 1. The SMILES string of the molecule is CC(=O)N1CC2(CCN(c3ccc(C(F)(F)F)cn3)CC2)CC1C(=O)O. The van der Waals surface area contributed by atoms with Crippen LogP contribution in [-0.2, 0) is 15.8 Å². The number of halogens is 3. The Bertz CT molecular complexity index is 673. The van der Waals surface area contributed by atoms with E-state index in [1.807, 2.05) is 4.90 Å². The third-order valence-corrected chi connectivity index (χ3v) is 5.42. The van der Waals surface area contributed by atoms with Gasteiger partial charge in [-0.3, -0.25) is 4.79 Å². The Morgan fingerprint density at radius 3 is 2.35 bits per heavy atom. The second-order valence-electron chi connectivity index (χ2n) is 7.09. The molecule has 142 valence electrons. The summed E-state index contributed by atoms with van der Waals surface area (Å²) in [5, 5.41) is 9.36. The number of carboxylic acid groups (broad SMARTS) is 1. The maximum Gasteiger partial charge on any atom is 0.417 e. The minimum absolute atomic E-state index is 0.249. The van der Waals surface area contributed by atoms with Crippen molar-refractivity contribution in [1.82, 2.24) is 9.88 Å². The topological polar surface area (TPSA) is 73.7 Å². The van der Waals surface area contributed by atoms with E-state index >= 15 is 0 Å². The van der Waals surface area contributed by atoms with Crippen LogP contribution in [0.15, 0.2) is 18.3 Å². The summed E-state index contributed by atoms with van der Waals surface area (Å²) in [6, 6.07) is 1.57. The van der Waals surface area contributed by atoms with Crippen molar-refractivity contribution in [2.75, 3.05) is 24.5 Å². The number of nitrogens with zero attached hydrogens (tertiary/aromatic N) is 3. The summed E-state index contributed by atoms with van der Waals surface area (Å²) in [6.45, 7) is 2.91. The second-order valence-corrected chi connectivity index (χ2v) is 7.09. The van der Waals surface area contributed by atoms with Gasteiger partial charge in [-0.25, -0.2) is 9.78 Å². The lowest BCUT2D eigenvalue weighted by Crippen LogP contribution is -2.42. The molecule has 2 aliphatic heterocycles. The van der Waals surface area contributed by atoms with Crippen LogP contribution < -0.4 is 4.90 Å². The number of rotatable bonds is 2. The van der Waals surface area contributed by atoms with Gasteiger partial charge in [0.1, 0.15) is 11.9 Å². The maximum atomic E-state index is 12.6. The third kappa shape index (κ3) is 3.47. The first-order chi connectivity index (χ1) is 12.1. The Kier molecular flexibility index (Phi) is 4.58. The number of anilines is 1. The number of hydrogen-bond acceptors (Lipinski definition) is 4. The molecule has 0 bridgehead atoms. The molecule has 0 aliphatic carbocycles. The van der Waals surface area contributed by atoms with Crippen LogP contribution in [0.4, 0.5) is 19.0 Å². The van der Waals surface area contributed by atoms with Gasteiger partial charge in [-0.05, 0) is 36.8 Å². The molecule has 2 saturated heterocycles. The zero-order valence-electron chi connectivity index (χ0n) is 14.3. The standard InChI is InChI=1S/C17H20F3N3O3/c1-11(24)23-10-16(8-13(23)15(25)26)4-6-22(7-5-16)14-3-2-12(9-21-14)17(18,19)20/h2-3,9,13H,4-8,10H2,1H3,(H,25,26). The van der Waals surface area contributed by atoms with Crippen molar-refractivity contribution in [1.29, 1.82) is 0 Å². The second kappa shape index (κ2) is 6.44. The zero-order chi connectivity index (χ0) is 19.1. The van der Waals surface area contributed by atoms with E-state index in [0.717, 1.165) is 12.3 Å². The Morgan fingerprint density at radius 2 is 1.92 bits per heavy atom. The number of carbonyl (C=O) groups is 2. The van der Waals surface area contributed by atoms with Crippen LogP contribution in [0.5, 0.6) is 0 Å². The van der Waals surface area contributed by atoms with E-state index in [4.69, 9.17) is 0 Å². The summed E-state index contributed by atoms with van der Waals surface area (Å²) >= 11 is 0. The van der Waals surface area contributed by atoms with Gasteiger partial charge in [-0.1, -0.05) is 0 Å². The maximum absolute atomic E-state index is 12.6. The van der Waals surface area contributed by atoms with E-state index in [9.17, 15) is 27.9 Å². The van der Waals surface area contributed by atoms with Crippen LogP contribution in [0.2, 0.25) is 0 Å². The first kappa shape index (κ1) is 18.5. The lowest BCUT2D eigenvalue weighted by Gasteiger charge is -2.39. The molecule has 3 heterocycles. The Morgan fingerprint density at radius 1 is 1.27 bits per heavy atom. The molecular weight excluding hydrogens is 351 g/mol. The largest absolute Gasteiger partial charge is 0.480 e. The number of likely N-dealkylation sites (tertiary alicyclic amines) is 1. The van der Waals surface area contributed by atoms with E-state index < -0.39 is 23.8 Å². The molecule has 1 aromatic heterocycles. The Hall–Kier alpha value is -2.32. The van der Waals surface area contributed by atoms with Crippen LogP contribution >= 0.6 is 0 Å². The molecular formula is C17H20F3N3O3. The first-order valence-corrected chi connectivity index (χ1v) is 8.40. The molecule has 3 rings (SSSR count). The summed E-state index contributed by atoms with van der Waals surface area (Å²) in [7, 11) is 0. The summed E-state index contributed by atoms with van der Waals surface area (Å²) in [6.07, 6.45) is -1.83. The van der Waals surface area contributed by atoms with E-state index in [1.165, 1.54) is 17.9 Å². The molecule has 0 aromatic carbocycles. The van der Waals surface area contributed by atoms with Crippen LogP contribution in [0.25, 0.3) is 0 Å². The lowest BCUT2D eigenvalue weighted by atomic mass is 9.76. The van der Waals surface area contributed by atoms with Gasteiger partial charge in [0.15, 0.2) is 0 Å². The summed E-state index contributed by atoms with van der Waals surface area (Å²) in [4.78, 5) is 30.4. The highest BCUT2D eigenvalue weighted by molar-refractivity contribution is 5.83. The number of aromatic nitrogens is 1. The van der Waals surface area contributed by atoms with Crippen molar-refractivity contribution in [2.45, 2.75) is 38.4 Å². The predicted octanol–water partition coefficient (Wildman–Crippen LogP) is 2.39. The molecule has 0 saturated carbocycles. The highest BCUT2D eigenvalue weighted by Crippen LogP contribution is 2.44. The molecule has 2 fully saturated rings. The Balaban J connectivity index is 1.67. The normalized spacial score (nSPS) is 22.7. The van der Waals surface area contributed by atoms with Gasteiger partial charge >= 0.3 is 12.1 Å². The van der Waals surface area contributed by atoms with Crippen molar-refractivity contribution in [2.24, 2.45) is 5.41 Å². The van der Waals surface area contributed by atoms with E-state index in [2.05, 4.69) is 4.98 Å². The van der Waals surface area contributed by atoms with E-state index in [-0.39, 0.29) is 11.3 Å². The predicted molar refractivity (Wildman–Crippen MR) is 86.5 cm³/mol. The van der Waals surface area contributed by atoms with Crippen molar-refractivity contribution >= 4 is 17.7 Å². The summed E-state index contributed by atoms with van der Waals surface area (Å²) in [5.74, 6) is -0.769. The molecule has 1 amide bonds. The van der Waals surface area contributed by atoms with Gasteiger partial charge < -0.3 is 14.9 Å². The lowest BCUT2D eigenvalue weighted by molar-refractivity contribution is -0.147. The Labute approximate surface area is 148 Å². The smallest absolute Gasteiger partial charge is 0.417 e. The first-order valence-electron chi connectivity index (χ1n) is 8.40. The molecule has 1 unspecified atom stereocenters. The summed E-state index contributed by atoms with van der Waals surface area (Å²) < 4.78 is 37.9. The molecule has 0 radical (unpaired) electrons. The molecule has 2 aliphatic rings. The number of alkyl halides is 3. The van der Waals surface area contributed by atoms with Crippen molar-refractivity contribution < 1.29 is 27.9 Å². The fourth-order valence-corrected chi connectivity index (χ4v) is 3.92. The monoisotopic (exact) mass is 371 g/mol. The molecule has 9 heteroatoms. The number of carbonyl (C=O) groups excluding carboxylic acids is 1. The average molecular weight is 371 g/mol. The van der Waals surface area contributed by atoms with Crippen LogP contribution in [-0.4, -0.2) is 52.5 Å². The number of hydrogen-bond donors (Lipinski definition) is 1. The number of aliphatic carboxylic acids is 1. The van der Waals surface area contributed by atoms with E-state index in [0.29, 0.717) is 44.7 Å². The fraction of sp³-hybridized carbons (Fsp3) is 0.588. The fourth-order valence-electron chi connectivity index (χ4n) is 3.92. The van der Waals surface area contributed by atoms with Gasteiger partial charge in [-0.15, -0.1) is 0 Å². The van der Waals surface area contributed by atoms with Crippen LogP contribution in [0.1, 0.15) is 31.7 Å². The quantitative estimate of drug-likeness (QED) is 0.864. The number of pyridine rings is 1. The van der Waals surface area contributed by atoms with Gasteiger partial charge in [0.05, 0.1) is 5.56 Å². The van der Waals surface area contributed by atoms with Crippen molar-refractivity contribution in [3.63, 3.8) is 0 Å². The molecule has 26 heavy (non-hydrogen) atoms. The van der Waals surface area contributed by atoms with Crippen molar-refractivity contribution in [3.05, 3.63) is 23.9 Å². The highest BCUT2D eigenvalue weighted by Gasteiger charge is 2.49. The summed E-state index contributed by atoms with van der Waals surface area (Å²) in [5.41, 5.74) is -1.04. The molecule has 1 aromatic rings. The van der Waals surface area contributed by atoms with Crippen LogP contribution in [0, 0.1) is 5.41 Å². The number of amides is 1. The molecule has 1 atom stereocenters. The van der Waals surface area contributed by atoms with Crippen molar-refractivity contribution in [3.8, 4) is 0 Å². The highest BCUT2D eigenvalue weighted by atomic mass is 19.4. The van der Waals surface area contributed by atoms with Crippen LogP contribution in [0.3, 0.4) is 0 Å². The van der Waals surface area contributed by atoms with Gasteiger partial charge in [0.2, 0.25) is 5.91 Å². The molecule has 1 N–H and O–H groups in total. The third-order valence-electron chi connectivity index (χ3n) is 5.42. The van der Waals surface area contributed by atoms with Gasteiger partial charge in [0.25, 0.3) is 0 Å². The molecule has 1 spiro atoms. The molecule has 6 nitrogen and oxygen atoms in total. The average Bonchev–Trinajstić information content (AvgIpc) is 2.95. The van der Waals surface area contributed by atoms with Gasteiger partial charge in [-0.2, -0.15) is 13.2 Å². The van der Waals surface area contributed by atoms with E-state index in [1.54, 1.807) is 0 Å². The number of piperidine rings is 1. The minimum atomic E-state index is -4.41. The minimum Gasteiger partial charge on any atom is -0.480 e.